The van der Waals surface area contributed by atoms with Crippen molar-refractivity contribution < 1.29 is 40.1 Å². The summed E-state index contributed by atoms with van der Waals surface area (Å²) in [6.45, 7) is 6.46. The van der Waals surface area contributed by atoms with E-state index in [1.807, 2.05) is 0 Å². The minimum atomic E-state index is -1.46. The van der Waals surface area contributed by atoms with Crippen LogP contribution in [0.4, 0.5) is 0 Å². The van der Waals surface area contributed by atoms with Crippen molar-refractivity contribution in [3.05, 3.63) is 23.3 Å². The van der Waals surface area contributed by atoms with Gasteiger partial charge in [-0.3, -0.25) is 0 Å². The van der Waals surface area contributed by atoms with Gasteiger partial charge in [-0.15, -0.1) is 0 Å². The Hall–Kier alpha value is -0.840. The number of fused-ring (bicyclic) bond motifs is 1. The lowest BCUT2D eigenvalue weighted by Crippen LogP contribution is -2.60. The maximum absolute atomic E-state index is 10.5. The molecule has 2 fully saturated rings. The summed E-state index contributed by atoms with van der Waals surface area (Å²) in [4.78, 5) is 0. The van der Waals surface area contributed by atoms with E-state index in [0.717, 1.165) is 44.1 Å². The third-order valence-electron chi connectivity index (χ3n) is 9.22. The van der Waals surface area contributed by atoms with Crippen LogP contribution in [0.5, 0.6) is 0 Å². The van der Waals surface area contributed by atoms with E-state index in [1.165, 1.54) is 5.57 Å². The average Bonchev–Trinajstić information content (AvgIpc) is 2.83. The van der Waals surface area contributed by atoms with Crippen LogP contribution < -0.4 is 0 Å². The lowest BCUT2D eigenvalue weighted by molar-refractivity contribution is -0.308. The maximum Gasteiger partial charge on any atom is 0.186 e. The summed E-state index contributed by atoms with van der Waals surface area (Å²) in [5.74, 6) is 0.783. The Labute approximate surface area is 202 Å². The molecule has 0 bridgehead atoms. The second-order valence-electron chi connectivity index (χ2n) is 10.8. The predicted molar refractivity (Wildman–Crippen MR) is 127 cm³/mol. The van der Waals surface area contributed by atoms with Crippen molar-refractivity contribution in [1.29, 1.82) is 0 Å². The summed E-state index contributed by atoms with van der Waals surface area (Å²) < 4.78 is 11.8. The molecular formula is C26H44O8. The second kappa shape index (κ2) is 11.5. The number of aliphatic hydroxyl groups excluding tert-OH is 6. The molecule has 0 aromatic heterocycles. The van der Waals surface area contributed by atoms with Gasteiger partial charge in [0.05, 0.1) is 26.4 Å². The van der Waals surface area contributed by atoms with Gasteiger partial charge in [0.2, 0.25) is 0 Å². The number of hydrogen-bond acceptors (Lipinski definition) is 8. The first-order valence-electron chi connectivity index (χ1n) is 12.6. The molecule has 1 heterocycles. The highest BCUT2D eigenvalue weighted by atomic mass is 16.7. The zero-order valence-corrected chi connectivity index (χ0v) is 20.8. The summed E-state index contributed by atoms with van der Waals surface area (Å²) in [5.41, 5.74) is 1.85. The molecular weight excluding hydrogens is 440 g/mol. The van der Waals surface area contributed by atoms with E-state index < -0.39 is 37.3 Å². The molecule has 0 amide bonds. The fourth-order valence-electron chi connectivity index (χ4n) is 6.65. The van der Waals surface area contributed by atoms with Crippen LogP contribution >= 0.6 is 0 Å². The van der Waals surface area contributed by atoms with Crippen LogP contribution in [0.3, 0.4) is 0 Å². The van der Waals surface area contributed by atoms with Crippen molar-refractivity contribution in [1.82, 2.24) is 0 Å². The zero-order valence-electron chi connectivity index (χ0n) is 20.8. The molecule has 1 aliphatic heterocycles. The first-order valence-corrected chi connectivity index (χ1v) is 12.6. The number of hydrogen-bond donors (Lipinski definition) is 6. The van der Waals surface area contributed by atoms with E-state index in [4.69, 9.17) is 9.47 Å². The van der Waals surface area contributed by atoms with Gasteiger partial charge < -0.3 is 40.1 Å². The summed E-state index contributed by atoms with van der Waals surface area (Å²) in [6, 6.07) is 0. The molecule has 3 aliphatic rings. The van der Waals surface area contributed by atoms with E-state index in [0.29, 0.717) is 18.4 Å². The summed E-state index contributed by atoms with van der Waals surface area (Å²) in [7, 11) is 0. The topological polar surface area (TPSA) is 140 Å². The van der Waals surface area contributed by atoms with Gasteiger partial charge in [0, 0.05) is 5.41 Å². The summed E-state index contributed by atoms with van der Waals surface area (Å²) in [6.07, 6.45) is 3.10. The van der Waals surface area contributed by atoms with Crippen molar-refractivity contribution in [2.45, 2.75) is 90.0 Å². The summed E-state index contributed by atoms with van der Waals surface area (Å²) >= 11 is 0. The minimum absolute atomic E-state index is 0.0176. The quantitative estimate of drug-likeness (QED) is 0.269. The Balaban J connectivity index is 1.83. The molecule has 9 atom stereocenters. The molecule has 1 saturated carbocycles. The number of rotatable bonds is 9. The molecule has 8 heteroatoms. The van der Waals surface area contributed by atoms with E-state index >= 15 is 0 Å². The van der Waals surface area contributed by atoms with E-state index in [1.54, 1.807) is 6.08 Å². The number of aliphatic hydroxyl groups is 6. The lowest BCUT2D eigenvalue weighted by Gasteiger charge is -2.59. The molecule has 0 aromatic rings. The minimum Gasteiger partial charge on any atom is -0.394 e. The third kappa shape index (κ3) is 5.15. The van der Waals surface area contributed by atoms with Gasteiger partial charge in [0.15, 0.2) is 6.29 Å². The Morgan fingerprint density at radius 2 is 1.88 bits per heavy atom. The summed E-state index contributed by atoms with van der Waals surface area (Å²) in [5, 5.41) is 59.2. The Morgan fingerprint density at radius 3 is 2.53 bits per heavy atom. The van der Waals surface area contributed by atoms with Crippen LogP contribution in [0.2, 0.25) is 0 Å². The van der Waals surface area contributed by atoms with E-state index in [-0.39, 0.29) is 24.0 Å². The first-order chi connectivity index (χ1) is 16.1. The van der Waals surface area contributed by atoms with Gasteiger partial charge in [0.25, 0.3) is 0 Å². The molecule has 34 heavy (non-hydrogen) atoms. The van der Waals surface area contributed by atoms with E-state index in [9.17, 15) is 30.6 Å². The van der Waals surface area contributed by atoms with Crippen LogP contribution in [0.25, 0.3) is 0 Å². The zero-order chi connectivity index (χ0) is 25.1. The highest BCUT2D eigenvalue weighted by Crippen LogP contribution is 2.62. The van der Waals surface area contributed by atoms with Crippen LogP contribution in [0, 0.1) is 22.7 Å². The van der Waals surface area contributed by atoms with Crippen LogP contribution in [0.1, 0.15) is 59.3 Å². The SMILES string of the molecule is CC1=CCCC2[C@@]1(COC1OC(CO)C(O)C(O)C1O)CC[C@@H](C)[C@]2(C)CC/C(=C/CO)CO. The predicted octanol–water partition coefficient (Wildman–Crippen LogP) is 1.27. The monoisotopic (exact) mass is 484 g/mol. The van der Waals surface area contributed by atoms with Gasteiger partial charge in [0.1, 0.15) is 24.4 Å². The largest absolute Gasteiger partial charge is 0.394 e. The van der Waals surface area contributed by atoms with Crippen molar-refractivity contribution >= 4 is 0 Å². The third-order valence-corrected chi connectivity index (χ3v) is 9.22. The van der Waals surface area contributed by atoms with Crippen LogP contribution in [-0.2, 0) is 9.47 Å². The molecule has 0 spiro atoms. The standard InChI is InChI=1S/C26H44O8/c1-16-7-11-26(15-33-24-23(32)22(31)21(30)19(14-29)34-24)17(2)5-4-6-20(26)25(16,3)10-8-18(13-28)9-12-27/h5,9,16,19-24,27-32H,4,6-8,10-15H2,1-3H3/b18-9-/t16-,19?,20?,21?,22?,23?,24?,25+,26-/m1/s1. The highest BCUT2D eigenvalue weighted by molar-refractivity contribution is 5.23. The first kappa shape index (κ1) is 27.7. The van der Waals surface area contributed by atoms with Crippen LogP contribution in [0.15, 0.2) is 23.3 Å². The van der Waals surface area contributed by atoms with Gasteiger partial charge in [-0.25, -0.2) is 0 Å². The van der Waals surface area contributed by atoms with Crippen molar-refractivity contribution in [2.75, 3.05) is 26.4 Å². The Bertz CT molecular complexity index is 736. The number of allylic oxidation sites excluding steroid dienone is 1. The van der Waals surface area contributed by atoms with Gasteiger partial charge in [-0.2, -0.15) is 0 Å². The van der Waals surface area contributed by atoms with Crippen molar-refractivity contribution in [3.63, 3.8) is 0 Å². The molecule has 196 valence electrons. The molecule has 0 radical (unpaired) electrons. The van der Waals surface area contributed by atoms with Gasteiger partial charge >= 0.3 is 0 Å². The maximum atomic E-state index is 10.5. The fourth-order valence-corrected chi connectivity index (χ4v) is 6.65. The normalized spacial score (nSPS) is 43.4. The molecule has 2 aliphatic carbocycles. The lowest BCUT2D eigenvalue weighted by atomic mass is 9.46. The average molecular weight is 485 g/mol. The van der Waals surface area contributed by atoms with Gasteiger partial charge in [-0.05, 0) is 68.3 Å². The molecule has 3 rings (SSSR count). The molecule has 6 N–H and O–H groups in total. The molecule has 6 unspecified atom stereocenters. The van der Waals surface area contributed by atoms with Crippen molar-refractivity contribution in [3.8, 4) is 0 Å². The fraction of sp³-hybridized carbons (Fsp3) is 0.846. The Kier molecular flexibility index (Phi) is 9.36. The number of ether oxygens (including phenoxy) is 2. The molecule has 0 aromatic carbocycles. The second-order valence-corrected chi connectivity index (χ2v) is 10.8. The molecule has 1 saturated heterocycles. The van der Waals surface area contributed by atoms with Crippen LogP contribution in [-0.4, -0.2) is 87.8 Å². The highest BCUT2D eigenvalue weighted by Gasteiger charge is 2.56. The van der Waals surface area contributed by atoms with E-state index in [2.05, 4.69) is 26.8 Å². The van der Waals surface area contributed by atoms with Crippen molar-refractivity contribution in [2.24, 2.45) is 22.7 Å². The molecule has 8 nitrogen and oxygen atoms in total. The van der Waals surface area contributed by atoms with Gasteiger partial charge in [-0.1, -0.05) is 31.6 Å². The Morgan fingerprint density at radius 1 is 1.15 bits per heavy atom. The smallest absolute Gasteiger partial charge is 0.186 e.